The van der Waals surface area contributed by atoms with Crippen molar-refractivity contribution >= 4 is 0 Å². The highest BCUT2D eigenvalue weighted by molar-refractivity contribution is 4.76. The molecular weight excluding hydrogens is 110 g/mol. The van der Waals surface area contributed by atoms with Crippen molar-refractivity contribution in [2.45, 2.75) is 34.1 Å². The van der Waals surface area contributed by atoms with Gasteiger partial charge in [-0.15, -0.1) is 0 Å². The molecule has 0 saturated heterocycles. The summed E-state index contributed by atoms with van der Waals surface area (Å²) in [6.07, 6.45) is 5.20. The maximum Gasteiger partial charge on any atom is 0.0112 e. The third-order valence-corrected chi connectivity index (χ3v) is 0.676. The van der Waals surface area contributed by atoms with Crippen LogP contribution in [0.4, 0.5) is 0 Å². The minimum absolute atomic E-state index is 1.02. The van der Waals surface area contributed by atoms with Gasteiger partial charge in [0.1, 0.15) is 0 Å². The molecule has 0 aliphatic rings. The fraction of sp³-hybridized carbons (Fsp3) is 0.750. The van der Waals surface area contributed by atoms with E-state index in [0.29, 0.717) is 0 Å². The summed E-state index contributed by atoms with van der Waals surface area (Å²) in [6.45, 7) is 9.23. The molecular formula is C8H19N. The highest BCUT2D eigenvalue weighted by Crippen LogP contribution is 1.73. The quantitative estimate of drug-likeness (QED) is 0.617. The van der Waals surface area contributed by atoms with Crippen LogP contribution in [-0.4, -0.2) is 6.54 Å². The number of hydrogen-bond donors (Lipinski definition) is 1. The van der Waals surface area contributed by atoms with Gasteiger partial charge in [0.2, 0.25) is 0 Å². The molecule has 0 saturated carbocycles. The van der Waals surface area contributed by atoms with E-state index in [-0.39, 0.29) is 0 Å². The largest absolute Gasteiger partial charge is 0.391 e. The van der Waals surface area contributed by atoms with Gasteiger partial charge in [-0.2, -0.15) is 0 Å². The van der Waals surface area contributed by atoms with Crippen molar-refractivity contribution in [2.75, 3.05) is 6.54 Å². The number of nitrogens with one attached hydrogen (secondary N) is 1. The number of rotatable bonds is 3. The van der Waals surface area contributed by atoms with E-state index in [1.807, 2.05) is 20.0 Å². The van der Waals surface area contributed by atoms with Gasteiger partial charge in [0.15, 0.2) is 0 Å². The molecule has 0 aliphatic carbocycles. The first-order valence-corrected chi connectivity index (χ1v) is 3.80. The van der Waals surface area contributed by atoms with Crippen LogP contribution in [0.2, 0.25) is 0 Å². The van der Waals surface area contributed by atoms with Crippen LogP contribution in [0.15, 0.2) is 12.3 Å². The van der Waals surface area contributed by atoms with Crippen molar-refractivity contribution in [1.29, 1.82) is 0 Å². The first-order chi connectivity index (χ1) is 4.41. The maximum absolute atomic E-state index is 3.07. The molecule has 0 rings (SSSR count). The van der Waals surface area contributed by atoms with E-state index in [1.165, 1.54) is 0 Å². The van der Waals surface area contributed by atoms with Gasteiger partial charge in [0.25, 0.3) is 0 Å². The Bertz CT molecular complexity index is 48.5. The molecule has 9 heavy (non-hydrogen) atoms. The Hall–Kier alpha value is -0.460. The second-order valence-corrected chi connectivity index (χ2v) is 1.37. The van der Waals surface area contributed by atoms with Crippen molar-refractivity contribution in [3.63, 3.8) is 0 Å². The van der Waals surface area contributed by atoms with Crippen LogP contribution in [0.1, 0.15) is 34.1 Å². The molecule has 0 aliphatic heterocycles. The van der Waals surface area contributed by atoms with Crippen LogP contribution in [0.5, 0.6) is 0 Å². The predicted molar refractivity (Wildman–Crippen MR) is 44.5 cm³/mol. The van der Waals surface area contributed by atoms with E-state index in [1.54, 1.807) is 0 Å². The Morgan fingerprint density at radius 3 is 2.11 bits per heavy atom. The van der Waals surface area contributed by atoms with Crippen molar-refractivity contribution in [3.8, 4) is 0 Å². The second kappa shape index (κ2) is 15.6. The van der Waals surface area contributed by atoms with E-state index in [0.717, 1.165) is 13.0 Å². The molecule has 0 aromatic heterocycles. The van der Waals surface area contributed by atoms with Gasteiger partial charge in [-0.05, 0) is 19.5 Å². The molecule has 0 amide bonds. The van der Waals surface area contributed by atoms with Crippen molar-refractivity contribution in [2.24, 2.45) is 0 Å². The minimum atomic E-state index is 1.02. The summed E-state index contributed by atoms with van der Waals surface area (Å²) in [7, 11) is 0. The average molecular weight is 129 g/mol. The Kier molecular flexibility index (Phi) is 19.7. The number of allylic oxidation sites excluding steroid dienone is 1. The maximum atomic E-state index is 3.07. The fourth-order valence-electron chi connectivity index (χ4n) is 0.319. The first-order valence-electron chi connectivity index (χ1n) is 3.80. The lowest BCUT2D eigenvalue weighted by Gasteiger charge is -1.87. The first kappa shape index (κ1) is 11.4. The van der Waals surface area contributed by atoms with Crippen molar-refractivity contribution in [1.82, 2.24) is 5.32 Å². The van der Waals surface area contributed by atoms with Crippen LogP contribution in [0, 0.1) is 0 Å². The van der Waals surface area contributed by atoms with Crippen molar-refractivity contribution in [3.05, 3.63) is 12.3 Å². The standard InChI is InChI=1S/C6H13N.C2H6/c1-3-5-6-7-4-2;1-2/h5-7H,3-4H2,1-2H3;1-2H3/b6-5-;. The zero-order valence-electron chi connectivity index (χ0n) is 7.07. The predicted octanol–water partition coefficient (Wildman–Crippen LogP) is 2.55. The van der Waals surface area contributed by atoms with Gasteiger partial charge in [0, 0.05) is 6.54 Å². The summed E-state index contributed by atoms with van der Waals surface area (Å²) < 4.78 is 0. The number of hydrogen-bond acceptors (Lipinski definition) is 1. The zero-order valence-corrected chi connectivity index (χ0v) is 7.07. The van der Waals surface area contributed by atoms with Crippen LogP contribution in [0.3, 0.4) is 0 Å². The van der Waals surface area contributed by atoms with Gasteiger partial charge in [0.05, 0.1) is 0 Å². The molecule has 0 fully saturated rings. The Balaban J connectivity index is 0. The van der Waals surface area contributed by atoms with E-state index in [9.17, 15) is 0 Å². The topological polar surface area (TPSA) is 12.0 Å². The lowest BCUT2D eigenvalue weighted by atomic mass is 10.5. The monoisotopic (exact) mass is 129 g/mol. The van der Waals surface area contributed by atoms with E-state index in [4.69, 9.17) is 0 Å². The van der Waals surface area contributed by atoms with E-state index < -0.39 is 0 Å². The summed E-state index contributed by atoms with van der Waals surface area (Å²) in [4.78, 5) is 0. The summed E-state index contributed by atoms with van der Waals surface area (Å²) >= 11 is 0. The molecule has 56 valence electrons. The minimum Gasteiger partial charge on any atom is -0.391 e. The molecule has 0 unspecified atom stereocenters. The molecule has 0 spiro atoms. The Morgan fingerprint density at radius 1 is 1.22 bits per heavy atom. The Labute approximate surface area is 59.2 Å². The Morgan fingerprint density at radius 2 is 1.78 bits per heavy atom. The second-order valence-electron chi connectivity index (χ2n) is 1.37. The molecule has 0 bridgehead atoms. The molecule has 1 nitrogen and oxygen atoms in total. The van der Waals surface area contributed by atoms with E-state index in [2.05, 4.69) is 25.2 Å². The lowest BCUT2D eigenvalue weighted by Crippen LogP contribution is -2.00. The van der Waals surface area contributed by atoms with Gasteiger partial charge >= 0.3 is 0 Å². The summed E-state index contributed by atoms with van der Waals surface area (Å²) in [5.41, 5.74) is 0. The molecule has 0 heterocycles. The van der Waals surface area contributed by atoms with Gasteiger partial charge in [-0.25, -0.2) is 0 Å². The average Bonchev–Trinajstić information content (AvgIpc) is 1.94. The van der Waals surface area contributed by atoms with Crippen LogP contribution in [0.25, 0.3) is 0 Å². The van der Waals surface area contributed by atoms with Crippen molar-refractivity contribution < 1.29 is 0 Å². The third-order valence-electron chi connectivity index (χ3n) is 0.676. The molecule has 0 atom stereocenters. The summed E-state index contributed by atoms with van der Waals surface area (Å²) in [5, 5.41) is 3.07. The molecule has 0 aromatic carbocycles. The van der Waals surface area contributed by atoms with Crippen LogP contribution < -0.4 is 5.32 Å². The van der Waals surface area contributed by atoms with E-state index >= 15 is 0 Å². The third kappa shape index (κ3) is 18.5. The smallest absolute Gasteiger partial charge is 0.0112 e. The molecule has 1 heteroatoms. The summed E-state index contributed by atoms with van der Waals surface area (Å²) in [6, 6.07) is 0. The molecule has 1 N–H and O–H groups in total. The van der Waals surface area contributed by atoms with Crippen LogP contribution in [-0.2, 0) is 0 Å². The normalized spacial score (nSPS) is 8.44. The highest BCUT2D eigenvalue weighted by atomic mass is 14.8. The highest BCUT2D eigenvalue weighted by Gasteiger charge is 1.63. The lowest BCUT2D eigenvalue weighted by molar-refractivity contribution is 0.912. The SMILES string of the molecule is CC.CC/C=C\NCC. The fourth-order valence-corrected chi connectivity index (χ4v) is 0.319. The zero-order chi connectivity index (χ0) is 7.54. The van der Waals surface area contributed by atoms with Gasteiger partial charge in [-0.3, -0.25) is 0 Å². The molecule has 0 aromatic rings. The molecule has 0 radical (unpaired) electrons. The summed E-state index contributed by atoms with van der Waals surface area (Å²) in [5.74, 6) is 0. The van der Waals surface area contributed by atoms with Gasteiger partial charge in [-0.1, -0.05) is 26.8 Å². The van der Waals surface area contributed by atoms with Gasteiger partial charge < -0.3 is 5.32 Å². The van der Waals surface area contributed by atoms with Crippen LogP contribution >= 0.6 is 0 Å².